The fourth-order valence-electron chi connectivity index (χ4n) is 4.34. The van der Waals surface area contributed by atoms with Crippen molar-refractivity contribution >= 4 is 11.8 Å². The summed E-state index contributed by atoms with van der Waals surface area (Å²) in [5, 5.41) is 3.13. The van der Waals surface area contributed by atoms with Gasteiger partial charge in [-0.25, -0.2) is 0 Å². The molecule has 0 saturated carbocycles. The zero-order valence-corrected chi connectivity index (χ0v) is 18.9. The van der Waals surface area contributed by atoms with Crippen LogP contribution in [0.4, 0.5) is 0 Å². The molecule has 3 rings (SSSR count). The zero-order chi connectivity index (χ0) is 22.4. The van der Waals surface area contributed by atoms with E-state index in [2.05, 4.69) is 24.1 Å². The number of hydrogen-bond donors (Lipinski definition) is 1. The molecule has 1 aliphatic heterocycles. The highest BCUT2D eigenvalue weighted by molar-refractivity contribution is 6.01. The van der Waals surface area contributed by atoms with Crippen molar-refractivity contribution in [2.45, 2.75) is 32.2 Å². The number of carbonyl (C=O) groups is 2. The molecule has 2 aromatic carbocycles. The molecule has 1 N–H and O–H groups in total. The molecular formula is C25H33N3O3. The van der Waals surface area contributed by atoms with Gasteiger partial charge in [0.05, 0.1) is 19.1 Å². The van der Waals surface area contributed by atoms with Crippen LogP contribution in [0.2, 0.25) is 0 Å². The van der Waals surface area contributed by atoms with E-state index in [1.54, 1.807) is 25.1 Å². The van der Waals surface area contributed by atoms with Crippen molar-refractivity contribution in [3.63, 3.8) is 0 Å². The maximum atomic E-state index is 13.4. The quantitative estimate of drug-likeness (QED) is 0.628. The molecule has 0 radical (unpaired) electrons. The van der Waals surface area contributed by atoms with Gasteiger partial charge in [-0.05, 0) is 55.4 Å². The third-order valence-electron chi connectivity index (χ3n) is 6.16. The number of amides is 2. The molecule has 6 heteroatoms. The number of benzene rings is 2. The second kappa shape index (κ2) is 10.4. The Morgan fingerprint density at radius 1 is 1.10 bits per heavy atom. The third kappa shape index (κ3) is 4.90. The second-order valence-corrected chi connectivity index (χ2v) is 7.87. The highest BCUT2D eigenvalue weighted by Crippen LogP contribution is 2.42. The lowest BCUT2D eigenvalue weighted by Gasteiger charge is -2.39. The van der Waals surface area contributed by atoms with Crippen LogP contribution in [0.25, 0.3) is 0 Å². The molecule has 0 aliphatic carbocycles. The highest BCUT2D eigenvalue weighted by Gasteiger charge is 2.42. The van der Waals surface area contributed by atoms with Gasteiger partial charge in [0.25, 0.3) is 5.91 Å². The van der Waals surface area contributed by atoms with Gasteiger partial charge in [-0.3, -0.25) is 9.59 Å². The molecule has 2 aromatic rings. The number of carbonyl (C=O) groups excluding carboxylic acids is 2. The molecule has 0 fully saturated rings. The standard InChI is InChI=1S/C25H33N3O3/c1-5-28(6-2)17-9-16-26-24(29)22-20-10-7-8-11-21(20)25(30)27(3)23(22)18-12-14-19(31-4)15-13-18/h7-8,10-15,22-23H,5-6,9,16-17H2,1-4H3,(H,26,29)/t22-,23+/m0/s1. The number of hydrogen-bond acceptors (Lipinski definition) is 4. The Morgan fingerprint density at radius 3 is 2.42 bits per heavy atom. The Labute approximate surface area is 185 Å². The zero-order valence-electron chi connectivity index (χ0n) is 18.9. The van der Waals surface area contributed by atoms with E-state index >= 15 is 0 Å². The minimum absolute atomic E-state index is 0.0489. The van der Waals surface area contributed by atoms with Crippen molar-refractivity contribution in [3.8, 4) is 5.75 Å². The van der Waals surface area contributed by atoms with E-state index in [9.17, 15) is 9.59 Å². The smallest absolute Gasteiger partial charge is 0.254 e. The molecule has 1 heterocycles. The van der Waals surface area contributed by atoms with Crippen LogP contribution >= 0.6 is 0 Å². The summed E-state index contributed by atoms with van der Waals surface area (Å²) in [6, 6.07) is 14.7. The normalized spacial score (nSPS) is 18.1. The summed E-state index contributed by atoms with van der Waals surface area (Å²) in [6.07, 6.45) is 0.893. The van der Waals surface area contributed by atoms with Gasteiger partial charge in [-0.1, -0.05) is 44.2 Å². The molecule has 166 valence electrons. The van der Waals surface area contributed by atoms with Gasteiger partial charge in [-0.2, -0.15) is 0 Å². The van der Waals surface area contributed by atoms with Crippen molar-refractivity contribution in [2.75, 3.05) is 40.3 Å². The SMILES string of the molecule is CCN(CC)CCCNC(=O)[C@H]1c2ccccc2C(=O)N(C)[C@@H]1c1ccc(OC)cc1. The molecule has 31 heavy (non-hydrogen) atoms. The second-order valence-electron chi connectivity index (χ2n) is 7.87. The minimum Gasteiger partial charge on any atom is -0.497 e. The van der Waals surface area contributed by atoms with Gasteiger partial charge in [0.1, 0.15) is 5.75 Å². The first kappa shape index (κ1) is 22.8. The fourth-order valence-corrected chi connectivity index (χ4v) is 4.34. The summed E-state index contributed by atoms with van der Waals surface area (Å²) in [5.74, 6) is 0.154. The van der Waals surface area contributed by atoms with Crippen LogP contribution in [0.15, 0.2) is 48.5 Å². The molecule has 0 bridgehead atoms. The van der Waals surface area contributed by atoms with Gasteiger partial charge < -0.3 is 19.9 Å². The van der Waals surface area contributed by atoms with Crippen LogP contribution in [0, 0.1) is 0 Å². The molecule has 0 unspecified atom stereocenters. The Balaban J connectivity index is 1.87. The first-order valence-electron chi connectivity index (χ1n) is 11.0. The van der Waals surface area contributed by atoms with Gasteiger partial charge >= 0.3 is 0 Å². The van der Waals surface area contributed by atoms with E-state index in [-0.39, 0.29) is 17.9 Å². The summed E-state index contributed by atoms with van der Waals surface area (Å²) < 4.78 is 5.27. The molecule has 6 nitrogen and oxygen atoms in total. The minimum atomic E-state index is -0.472. The van der Waals surface area contributed by atoms with Crippen molar-refractivity contribution < 1.29 is 14.3 Å². The molecular weight excluding hydrogens is 390 g/mol. The van der Waals surface area contributed by atoms with Crippen LogP contribution < -0.4 is 10.1 Å². The monoisotopic (exact) mass is 423 g/mol. The molecule has 0 spiro atoms. The van der Waals surface area contributed by atoms with E-state index in [4.69, 9.17) is 4.74 Å². The Bertz CT molecular complexity index is 893. The van der Waals surface area contributed by atoms with Gasteiger partial charge in [-0.15, -0.1) is 0 Å². The van der Waals surface area contributed by atoms with Gasteiger partial charge in [0.15, 0.2) is 0 Å². The Hall–Kier alpha value is -2.86. The van der Waals surface area contributed by atoms with Gasteiger partial charge in [0, 0.05) is 19.2 Å². The van der Waals surface area contributed by atoms with Crippen LogP contribution in [-0.4, -0.2) is 62.0 Å². The van der Waals surface area contributed by atoms with E-state index in [0.717, 1.165) is 42.9 Å². The van der Waals surface area contributed by atoms with E-state index < -0.39 is 5.92 Å². The Kier molecular flexibility index (Phi) is 7.69. The van der Waals surface area contributed by atoms with E-state index in [1.165, 1.54) is 0 Å². The topological polar surface area (TPSA) is 61.9 Å². The number of nitrogens with zero attached hydrogens (tertiary/aromatic N) is 2. The predicted octanol–water partition coefficient (Wildman–Crippen LogP) is 3.45. The lowest BCUT2D eigenvalue weighted by atomic mass is 9.79. The maximum absolute atomic E-state index is 13.4. The molecule has 0 aromatic heterocycles. The maximum Gasteiger partial charge on any atom is 0.254 e. The third-order valence-corrected chi connectivity index (χ3v) is 6.16. The average Bonchev–Trinajstić information content (AvgIpc) is 2.81. The van der Waals surface area contributed by atoms with E-state index in [1.807, 2.05) is 42.5 Å². The van der Waals surface area contributed by atoms with Crippen molar-refractivity contribution in [1.82, 2.24) is 15.1 Å². The van der Waals surface area contributed by atoms with Crippen molar-refractivity contribution in [2.24, 2.45) is 0 Å². The number of ether oxygens (including phenoxy) is 1. The summed E-state index contributed by atoms with van der Waals surface area (Å²) in [6.45, 7) is 7.87. The largest absolute Gasteiger partial charge is 0.497 e. The van der Waals surface area contributed by atoms with Crippen molar-refractivity contribution in [1.29, 1.82) is 0 Å². The van der Waals surface area contributed by atoms with Crippen LogP contribution in [0.3, 0.4) is 0 Å². The summed E-state index contributed by atoms with van der Waals surface area (Å²) in [7, 11) is 3.39. The summed E-state index contributed by atoms with van der Waals surface area (Å²) in [4.78, 5) is 30.5. The highest BCUT2D eigenvalue weighted by atomic mass is 16.5. The van der Waals surface area contributed by atoms with Crippen LogP contribution in [-0.2, 0) is 4.79 Å². The number of fused-ring (bicyclic) bond motifs is 1. The number of likely N-dealkylation sites (N-methyl/N-ethyl adjacent to an activating group) is 1. The number of methoxy groups -OCH3 is 1. The van der Waals surface area contributed by atoms with Gasteiger partial charge in [0.2, 0.25) is 5.91 Å². The number of rotatable bonds is 9. The average molecular weight is 424 g/mol. The van der Waals surface area contributed by atoms with E-state index in [0.29, 0.717) is 12.1 Å². The number of nitrogens with one attached hydrogen (secondary N) is 1. The Morgan fingerprint density at radius 2 is 1.77 bits per heavy atom. The molecule has 2 atom stereocenters. The molecule has 1 aliphatic rings. The lowest BCUT2D eigenvalue weighted by molar-refractivity contribution is -0.124. The lowest BCUT2D eigenvalue weighted by Crippen LogP contribution is -2.46. The fraction of sp³-hybridized carbons (Fsp3) is 0.440. The van der Waals surface area contributed by atoms with Crippen molar-refractivity contribution in [3.05, 3.63) is 65.2 Å². The molecule has 2 amide bonds. The first-order valence-corrected chi connectivity index (χ1v) is 11.0. The first-order chi connectivity index (χ1) is 15.0. The summed E-state index contributed by atoms with van der Waals surface area (Å²) >= 11 is 0. The summed E-state index contributed by atoms with van der Waals surface area (Å²) in [5.41, 5.74) is 2.29. The molecule has 0 saturated heterocycles. The van der Waals surface area contributed by atoms with Crippen LogP contribution in [0.5, 0.6) is 5.75 Å². The van der Waals surface area contributed by atoms with Crippen LogP contribution in [0.1, 0.15) is 53.7 Å². The predicted molar refractivity (Wildman–Crippen MR) is 122 cm³/mol.